The fourth-order valence-corrected chi connectivity index (χ4v) is 3.54. The Morgan fingerprint density at radius 1 is 1.03 bits per heavy atom. The van der Waals surface area contributed by atoms with Gasteiger partial charge in [-0.25, -0.2) is 4.39 Å². The van der Waals surface area contributed by atoms with Crippen molar-refractivity contribution in [2.45, 2.75) is 19.4 Å². The molecule has 2 amide bonds. The second-order valence-corrected chi connectivity index (χ2v) is 8.07. The zero-order valence-corrected chi connectivity index (χ0v) is 17.8. The first-order valence-corrected chi connectivity index (χ1v) is 10.7. The lowest BCUT2D eigenvalue weighted by Gasteiger charge is -2.20. The molecule has 1 aliphatic carbocycles. The first-order chi connectivity index (χ1) is 15.5. The summed E-state index contributed by atoms with van der Waals surface area (Å²) >= 11 is 0. The molecule has 1 aliphatic rings. The van der Waals surface area contributed by atoms with Gasteiger partial charge in [0.05, 0.1) is 6.04 Å². The number of para-hydroxylation sites is 1. The van der Waals surface area contributed by atoms with Gasteiger partial charge in [0.1, 0.15) is 6.61 Å². The van der Waals surface area contributed by atoms with Gasteiger partial charge < -0.3 is 15.4 Å². The number of hydrogen-bond donors (Lipinski definition) is 2. The normalized spacial score (nSPS) is 17.8. The molecule has 3 atom stereocenters. The van der Waals surface area contributed by atoms with E-state index in [4.69, 9.17) is 4.74 Å². The quantitative estimate of drug-likeness (QED) is 0.528. The van der Waals surface area contributed by atoms with E-state index < -0.39 is 11.9 Å². The summed E-state index contributed by atoms with van der Waals surface area (Å²) in [6, 6.07) is 21.9. The number of carbonyl (C=O) groups excluding carboxylic acids is 2. The SMILES string of the molecule is CC1CC1C(=O)Nc1cccc(C(=O)NC(COc2ccccc2F)c2ccccc2)c1. The lowest BCUT2D eigenvalue weighted by molar-refractivity contribution is -0.117. The van der Waals surface area contributed by atoms with Crippen LogP contribution in [0.2, 0.25) is 0 Å². The number of amides is 2. The Balaban J connectivity index is 1.46. The Hall–Kier alpha value is -3.67. The van der Waals surface area contributed by atoms with Crippen molar-refractivity contribution in [1.29, 1.82) is 0 Å². The Morgan fingerprint density at radius 2 is 1.75 bits per heavy atom. The molecule has 1 saturated carbocycles. The highest BCUT2D eigenvalue weighted by Gasteiger charge is 2.39. The van der Waals surface area contributed by atoms with Crippen molar-refractivity contribution in [2.75, 3.05) is 11.9 Å². The maximum absolute atomic E-state index is 14.0. The standard InChI is InChI=1S/C26H25FN2O3/c1-17-14-21(17)26(31)28-20-11-7-10-19(15-20)25(30)29-23(18-8-3-2-4-9-18)16-32-24-13-6-5-12-22(24)27/h2-13,15,17,21,23H,14,16H2,1H3,(H,28,31)(H,29,30). The largest absolute Gasteiger partial charge is 0.488 e. The third kappa shape index (κ3) is 5.32. The number of anilines is 1. The average Bonchev–Trinajstić information content (AvgIpc) is 3.55. The van der Waals surface area contributed by atoms with Crippen LogP contribution in [0.25, 0.3) is 0 Å². The summed E-state index contributed by atoms with van der Waals surface area (Å²) in [6.07, 6.45) is 0.896. The molecule has 0 heterocycles. The third-order valence-electron chi connectivity index (χ3n) is 5.59. The molecule has 32 heavy (non-hydrogen) atoms. The maximum Gasteiger partial charge on any atom is 0.251 e. The predicted octanol–water partition coefficient (Wildman–Crippen LogP) is 4.97. The van der Waals surface area contributed by atoms with Crippen molar-refractivity contribution in [3.05, 3.63) is 95.8 Å². The van der Waals surface area contributed by atoms with Gasteiger partial charge in [-0.05, 0) is 48.2 Å². The van der Waals surface area contributed by atoms with Crippen LogP contribution in [0.1, 0.15) is 35.3 Å². The van der Waals surface area contributed by atoms with E-state index in [1.807, 2.05) is 37.3 Å². The van der Waals surface area contributed by atoms with Crippen molar-refractivity contribution in [1.82, 2.24) is 5.32 Å². The first kappa shape index (κ1) is 21.6. The topological polar surface area (TPSA) is 67.4 Å². The fourth-order valence-electron chi connectivity index (χ4n) is 3.54. The lowest BCUT2D eigenvalue weighted by atomic mass is 10.1. The molecule has 164 valence electrons. The van der Waals surface area contributed by atoms with Crippen molar-refractivity contribution in [2.24, 2.45) is 11.8 Å². The summed E-state index contributed by atoms with van der Waals surface area (Å²) < 4.78 is 19.6. The summed E-state index contributed by atoms with van der Waals surface area (Å²) in [5.41, 5.74) is 1.84. The molecule has 5 nitrogen and oxygen atoms in total. The van der Waals surface area contributed by atoms with Crippen LogP contribution in [0.4, 0.5) is 10.1 Å². The fraction of sp³-hybridized carbons (Fsp3) is 0.231. The molecule has 0 spiro atoms. The van der Waals surface area contributed by atoms with E-state index >= 15 is 0 Å². The summed E-state index contributed by atoms with van der Waals surface area (Å²) in [6.45, 7) is 2.11. The highest BCUT2D eigenvalue weighted by atomic mass is 19.1. The number of rotatable bonds is 8. The van der Waals surface area contributed by atoms with Crippen molar-refractivity contribution < 1.29 is 18.7 Å². The van der Waals surface area contributed by atoms with E-state index in [9.17, 15) is 14.0 Å². The molecule has 0 aliphatic heterocycles. The minimum atomic E-state index is -0.492. The van der Waals surface area contributed by atoms with Gasteiger partial charge in [0.15, 0.2) is 11.6 Å². The van der Waals surface area contributed by atoms with E-state index in [2.05, 4.69) is 10.6 Å². The number of hydrogen-bond acceptors (Lipinski definition) is 3. The van der Waals surface area contributed by atoms with Crippen LogP contribution in [-0.2, 0) is 4.79 Å². The summed E-state index contributed by atoms with van der Waals surface area (Å²) in [5, 5.41) is 5.85. The Kier molecular flexibility index (Phi) is 6.50. The summed E-state index contributed by atoms with van der Waals surface area (Å²) in [4.78, 5) is 25.2. The molecule has 0 radical (unpaired) electrons. The second kappa shape index (κ2) is 9.64. The molecule has 2 N–H and O–H groups in total. The van der Waals surface area contributed by atoms with Crippen LogP contribution in [0.15, 0.2) is 78.9 Å². The number of ether oxygens (including phenoxy) is 1. The van der Waals surface area contributed by atoms with Crippen molar-refractivity contribution in [3.63, 3.8) is 0 Å². The Bertz CT molecular complexity index is 1100. The monoisotopic (exact) mass is 432 g/mol. The summed E-state index contributed by atoms with van der Waals surface area (Å²) in [7, 11) is 0. The van der Waals surface area contributed by atoms with Gasteiger partial charge in [-0.15, -0.1) is 0 Å². The van der Waals surface area contributed by atoms with Crippen LogP contribution < -0.4 is 15.4 Å². The van der Waals surface area contributed by atoms with Gasteiger partial charge in [-0.1, -0.05) is 55.5 Å². The van der Waals surface area contributed by atoms with Crippen LogP contribution >= 0.6 is 0 Å². The molecule has 3 aromatic rings. The van der Waals surface area contributed by atoms with Gasteiger partial charge in [-0.2, -0.15) is 0 Å². The van der Waals surface area contributed by atoms with Crippen molar-refractivity contribution in [3.8, 4) is 5.75 Å². The molecular weight excluding hydrogens is 407 g/mol. The molecule has 3 unspecified atom stereocenters. The van der Waals surface area contributed by atoms with Gasteiger partial charge >= 0.3 is 0 Å². The van der Waals surface area contributed by atoms with E-state index in [0.29, 0.717) is 17.2 Å². The zero-order chi connectivity index (χ0) is 22.5. The van der Waals surface area contributed by atoms with Gasteiger partial charge in [0.25, 0.3) is 5.91 Å². The van der Waals surface area contributed by atoms with Crippen LogP contribution in [0, 0.1) is 17.7 Å². The van der Waals surface area contributed by atoms with E-state index in [-0.39, 0.29) is 30.1 Å². The van der Waals surface area contributed by atoms with E-state index in [1.165, 1.54) is 6.07 Å². The Labute approximate surface area is 186 Å². The van der Waals surface area contributed by atoms with Crippen LogP contribution in [0.5, 0.6) is 5.75 Å². The minimum Gasteiger partial charge on any atom is -0.488 e. The van der Waals surface area contributed by atoms with E-state index in [0.717, 1.165) is 12.0 Å². The highest BCUT2D eigenvalue weighted by Crippen LogP contribution is 2.38. The number of carbonyl (C=O) groups is 2. The van der Waals surface area contributed by atoms with Crippen molar-refractivity contribution >= 4 is 17.5 Å². The molecule has 0 aromatic heterocycles. The Morgan fingerprint density at radius 3 is 2.47 bits per heavy atom. The van der Waals surface area contributed by atoms with Crippen LogP contribution in [0.3, 0.4) is 0 Å². The smallest absolute Gasteiger partial charge is 0.251 e. The molecule has 3 aromatic carbocycles. The van der Waals surface area contributed by atoms with Gasteiger partial charge in [-0.3, -0.25) is 9.59 Å². The number of benzene rings is 3. The zero-order valence-electron chi connectivity index (χ0n) is 17.8. The number of nitrogens with one attached hydrogen (secondary N) is 2. The molecular formula is C26H25FN2O3. The average molecular weight is 432 g/mol. The number of halogens is 1. The molecule has 4 rings (SSSR count). The van der Waals surface area contributed by atoms with Crippen LogP contribution in [-0.4, -0.2) is 18.4 Å². The van der Waals surface area contributed by atoms with Gasteiger partial charge in [0, 0.05) is 17.2 Å². The summed E-state index contributed by atoms with van der Waals surface area (Å²) in [5.74, 6) is -0.212. The molecule has 0 saturated heterocycles. The third-order valence-corrected chi connectivity index (χ3v) is 5.59. The lowest BCUT2D eigenvalue weighted by Crippen LogP contribution is -2.32. The molecule has 0 bridgehead atoms. The second-order valence-electron chi connectivity index (χ2n) is 8.07. The van der Waals surface area contributed by atoms with Gasteiger partial charge in [0.2, 0.25) is 5.91 Å². The van der Waals surface area contributed by atoms with E-state index in [1.54, 1.807) is 42.5 Å². The minimum absolute atomic E-state index is 0.0180. The molecule has 1 fully saturated rings. The first-order valence-electron chi connectivity index (χ1n) is 10.7. The maximum atomic E-state index is 14.0. The predicted molar refractivity (Wildman–Crippen MR) is 121 cm³/mol. The molecule has 6 heteroatoms. The highest BCUT2D eigenvalue weighted by molar-refractivity contribution is 5.98.